The van der Waals surface area contributed by atoms with Gasteiger partial charge < -0.3 is 4.90 Å². The molecular weight excluding hydrogens is 266 g/mol. The van der Waals surface area contributed by atoms with Crippen molar-refractivity contribution < 1.29 is 9.59 Å². The highest BCUT2D eigenvalue weighted by atomic mass is 16.2. The molecule has 1 fully saturated rings. The number of nitrogens with zero attached hydrogens (tertiary/aromatic N) is 2. The van der Waals surface area contributed by atoms with Gasteiger partial charge in [-0.1, -0.05) is 38.1 Å². The second-order valence-corrected chi connectivity index (χ2v) is 5.53. The molecule has 1 N–H and O–H groups in total. The zero-order valence-corrected chi connectivity index (χ0v) is 12.7. The number of rotatable bonds is 5. The van der Waals surface area contributed by atoms with Crippen LogP contribution in [0.4, 0.5) is 0 Å². The average molecular weight is 287 g/mol. The monoisotopic (exact) mass is 287 g/mol. The number of amides is 1. The Morgan fingerprint density at radius 2 is 1.95 bits per heavy atom. The van der Waals surface area contributed by atoms with Crippen molar-refractivity contribution in [1.82, 2.24) is 9.80 Å². The number of carbonyl (C=O) groups is 2. The Morgan fingerprint density at radius 1 is 1.33 bits per heavy atom. The Balaban J connectivity index is 2.08. The molecule has 21 heavy (non-hydrogen) atoms. The topological polar surface area (TPSA) is 64.5 Å². The number of guanidine groups is 1. The molecule has 0 saturated carbocycles. The summed E-state index contributed by atoms with van der Waals surface area (Å²) in [5.41, 5.74) is 1.62. The summed E-state index contributed by atoms with van der Waals surface area (Å²) in [6.45, 7) is 4.55. The van der Waals surface area contributed by atoms with E-state index in [1.807, 2.05) is 26.0 Å². The van der Waals surface area contributed by atoms with Gasteiger partial charge in [0.05, 0.1) is 13.1 Å². The fourth-order valence-corrected chi connectivity index (χ4v) is 2.28. The van der Waals surface area contributed by atoms with E-state index >= 15 is 0 Å². The van der Waals surface area contributed by atoms with Crippen molar-refractivity contribution in [2.24, 2.45) is 5.92 Å². The summed E-state index contributed by atoms with van der Waals surface area (Å²) in [5, 5.41) is 7.86. The molecule has 1 aromatic carbocycles. The zero-order chi connectivity index (χ0) is 15.6. The van der Waals surface area contributed by atoms with Crippen LogP contribution < -0.4 is 0 Å². The Bertz CT molecular complexity index is 565. The quantitative estimate of drug-likeness (QED) is 0.844. The number of hydrogen-bond donors (Lipinski definition) is 1. The second kappa shape index (κ2) is 6.08. The summed E-state index contributed by atoms with van der Waals surface area (Å²) in [4.78, 5) is 26.9. The number of Topliss-reactive ketones (excluding diaryl/α,β-unsaturated/α-hetero) is 1. The van der Waals surface area contributed by atoms with Crippen LogP contribution in [0.3, 0.4) is 0 Å². The van der Waals surface area contributed by atoms with E-state index in [2.05, 4.69) is 0 Å². The fourth-order valence-electron chi connectivity index (χ4n) is 2.28. The molecule has 1 aliphatic rings. The van der Waals surface area contributed by atoms with Gasteiger partial charge in [-0.3, -0.25) is 19.9 Å². The third kappa shape index (κ3) is 3.12. The normalized spacial score (nSPS) is 16.5. The van der Waals surface area contributed by atoms with Crippen molar-refractivity contribution >= 4 is 17.6 Å². The Labute approximate surface area is 125 Å². The summed E-state index contributed by atoms with van der Waals surface area (Å²) < 4.78 is 0. The summed E-state index contributed by atoms with van der Waals surface area (Å²) >= 11 is 0. The predicted molar refractivity (Wildman–Crippen MR) is 81.1 cm³/mol. The third-order valence-corrected chi connectivity index (χ3v) is 3.93. The molecule has 0 bridgehead atoms. The average Bonchev–Trinajstić information content (AvgIpc) is 2.73. The van der Waals surface area contributed by atoms with Crippen LogP contribution in [0.1, 0.15) is 36.2 Å². The molecule has 0 aromatic heterocycles. The van der Waals surface area contributed by atoms with Gasteiger partial charge >= 0.3 is 0 Å². The molecule has 1 aromatic rings. The van der Waals surface area contributed by atoms with Crippen molar-refractivity contribution in [2.75, 3.05) is 13.6 Å². The minimum absolute atomic E-state index is 0.0258. The lowest BCUT2D eigenvalue weighted by Gasteiger charge is -2.17. The number of nitrogens with one attached hydrogen (secondary N) is 1. The van der Waals surface area contributed by atoms with Crippen molar-refractivity contribution in [3.05, 3.63) is 35.4 Å². The summed E-state index contributed by atoms with van der Waals surface area (Å²) in [5.74, 6) is 0.327. The summed E-state index contributed by atoms with van der Waals surface area (Å²) in [6, 6.07) is 7.32. The molecule has 0 radical (unpaired) electrons. The van der Waals surface area contributed by atoms with E-state index in [4.69, 9.17) is 5.41 Å². The van der Waals surface area contributed by atoms with E-state index in [0.717, 1.165) is 12.0 Å². The molecule has 1 saturated heterocycles. The first-order valence-electron chi connectivity index (χ1n) is 7.17. The number of benzene rings is 1. The Kier molecular flexibility index (Phi) is 4.40. The van der Waals surface area contributed by atoms with Gasteiger partial charge in [0.1, 0.15) is 0 Å². The van der Waals surface area contributed by atoms with Crippen LogP contribution in [0, 0.1) is 11.3 Å². The maximum Gasteiger partial charge on any atom is 0.249 e. The lowest BCUT2D eigenvalue weighted by molar-refractivity contribution is -0.125. The van der Waals surface area contributed by atoms with Crippen molar-refractivity contribution in [3.8, 4) is 0 Å². The summed E-state index contributed by atoms with van der Waals surface area (Å²) in [7, 11) is 1.73. The van der Waals surface area contributed by atoms with Crippen LogP contribution in [0.2, 0.25) is 0 Å². The van der Waals surface area contributed by atoms with E-state index in [-0.39, 0.29) is 30.1 Å². The fraction of sp³-hybridized carbons (Fsp3) is 0.438. The standard InChI is InChI=1S/C16H21N3O2/c1-4-11(2)15(21)13-7-5-12(6-8-13)9-19-14(20)10-18(3)16(19)17/h5-8,11,17H,4,9-10H2,1-3H3. The predicted octanol–water partition coefficient (Wildman–Crippen LogP) is 2.12. The van der Waals surface area contributed by atoms with Gasteiger partial charge in [-0.2, -0.15) is 0 Å². The van der Waals surface area contributed by atoms with Crippen LogP contribution in [0.15, 0.2) is 24.3 Å². The van der Waals surface area contributed by atoms with Crippen molar-refractivity contribution in [3.63, 3.8) is 0 Å². The molecule has 1 atom stereocenters. The first kappa shape index (κ1) is 15.2. The summed E-state index contributed by atoms with van der Waals surface area (Å²) in [6.07, 6.45) is 0.826. The largest absolute Gasteiger partial charge is 0.336 e. The number of carbonyl (C=O) groups excluding carboxylic acids is 2. The molecule has 5 nitrogen and oxygen atoms in total. The first-order chi connectivity index (χ1) is 9.93. The maximum atomic E-state index is 12.1. The van der Waals surface area contributed by atoms with Crippen molar-refractivity contribution in [1.29, 1.82) is 5.41 Å². The lowest BCUT2D eigenvalue weighted by atomic mass is 9.96. The van der Waals surface area contributed by atoms with Crippen LogP contribution in [0.5, 0.6) is 0 Å². The van der Waals surface area contributed by atoms with E-state index < -0.39 is 0 Å². The van der Waals surface area contributed by atoms with Crippen LogP contribution in [0.25, 0.3) is 0 Å². The molecule has 112 valence electrons. The molecule has 1 unspecified atom stereocenters. The van der Waals surface area contributed by atoms with Gasteiger partial charge in [0.25, 0.3) is 0 Å². The molecule has 1 heterocycles. The first-order valence-corrected chi connectivity index (χ1v) is 7.17. The minimum atomic E-state index is -0.0674. The molecule has 1 aliphatic heterocycles. The molecule has 2 rings (SSSR count). The van der Waals surface area contributed by atoms with Gasteiger partial charge in [0.2, 0.25) is 11.9 Å². The molecule has 0 aliphatic carbocycles. The molecular formula is C16H21N3O2. The highest BCUT2D eigenvalue weighted by molar-refractivity contribution is 6.02. The number of hydrogen-bond acceptors (Lipinski definition) is 3. The van der Waals surface area contributed by atoms with Gasteiger partial charge in [0.15, 0.2) is 5.78 Å². The highest BCUT2D eigenvalue weighted by Crippen LogP contribution is 2.16. The van der Waals surface area contributed by atoms with Gasteiger partial charge in [-0.05, 0) is 12.0 Å². The Morgan fingerprint density at radius 3 is 2.43 bits per heavy atom. The SMILES string of the molecule is CCC(C)C(=O)c1ccc(CN2C(=N)N(C)CC2=O)cc1. The smallest absolute Gasteiger partial charge is 0.249 e. The maximum absolute atomic E-state index is 12.1. The molecule has 1 amide bonds. The highest BCUT2D eigenvalue weighted by Gasteiger charge is 2.30. The van der Waals surface area contributed by atoms with Gasteiger partial charge in [-0.25, -0.2) is 0 Å². The van der Waals surface area contributed by atoms with Crippen LogP contribution in [-0.4, -0.2) is 41.0 Å². The van der Waals surface area contributed by atoms with E-state index in [0.29, 0.717) is 12.1 Å². The number of likely N-dealkylation sites (N-methyl/N-ethyl adjacent to an activating group) is 1. The van der Waals surface area contributed by atoms with Crippen LogP contribution in [-0.2, 0) is 11.3 Å². The van der Waals surface area contributed by atoms with Crippen molar-refractivity contribution in [2.45, 2.75) is 26.8 Å². The minimum Gasteiger partial charge on any atom is -0.336 e. The van der Waals surface area contributed by atoms with Gasteiger partial charge in [0, 0.05) is 18.5 Å². The van der Waals surface area contributed by atoms with E-state index in [1.54, 1.807) is 24.1 Å². The lowest BCUT2D eigenvalue weighted by Crippen LogP contribution is -2.31. The Hall–Kier alpha value is -2.17. The second-order valence-electron chi connectivity index (χ2n) is 5.53. The third-order valence-electron chi connectivity index (χ3n) is 3.93. The van der Waals surface area contributed by atoms with Crippen LogP contribution >= 0.6 is 0 Å². The molecule has 5 heteroatoms. The van der Waals surface area contributed by atoms with E-state index in [9.17, 15) is 9.59 Å². The molecule has 0 spiro atoms. The van der Waals surface area contributed by atoms with Gasteiger partial charge in [-0.15, -0.1) is 0 Å². The zero-order valence-electron chi connectivity index (χ0n) is 12.7. The number of ketones is 1. The van der Waals surface area contributed by atoms with E-state index in [1.165, 1.54) is 4.90 Å².